The Labute approximate surface area is 145 Å². The zero-order chi connectivity index (χ0) is 17.5. The van der Waals surface area contributed by atoms with Crippen molar-refractivity contribution in [2.24, 2.45) is 4.99 Å². The third-order valence-corrected chi connectivity index (χ3v) is 6.33. The Kier molecular flexibility index (Phi) is 8.01. The van der Waals surface area contributed by atoms with Crippen molar-refractivity contribution in [3.8, 4) is 0 Å². The van der Waals surface area contributed by atoms with Gasteiger partial charge in [0, 0.05) is 47.0 Å². The van der Waals surface area contributed by atoms with Crippen molar-refractivity contribution in [1.29, 1.82) is 0 Å². The summed E-state index contributed by atoms with van der Waals surface area (Å²) in [6, 6.07) is 0. The Morgan fingerprint density at radius 2 is 1.70 bits per heavy atom. The SMILES string of the molecule is CN=C(NCCS(=O)C(C)(C)C)NCC(C)(C)N1CCCCC1. The van der Waals surface area contributed by atoms with Gasteiger partial charge in [0.05, 0.1) is 0 Å². The van der Waals surface area contributed by atoms with Crippen LogP contribution in [-0.4, -0.2) is 64.3 Å². The maximum Gasteiger partial charge on any atom is 0.191 e. The first-order chi connectivity index (χ1) is 10.7. The summed E-state index contributed by atoms with van der Waals surface area (Å²) in [5.41, 5.74) is 0.117. The van der Waals surface area contributed by atoms with Crippen LogP contribution in [0.4, 0.5) is 0 Å². The lowest BCUT2D eigenvalue weighted by Crippen LogP contribution is -2.55. The van der Waals surface area contributed by atoms with Gasteiger partial charge in [-0.15, -0.1) is 0 Å². The molecule has 0 aliphatic carbocycles. The summed E-state index contributed by atoms with van der Waals surface area (Å²) in [5.74, 6) is 1.43. The van der Waals surface area contributed by atoms with E-state index in [4.69, 9.17) is 0 Å². The average Bonchev–Trinajstić information content (AvgIpc) is 2.50. The number of hydrogen-bond acceptors (Lipinski definition) is 3. The van der Waals surface area contributed by atoms with Gasteiger partial charge in [-0.1, -0.05) is 6.42 Å². The number of nitrogens with zero attached hydrogens (tertiary/aromatic N) is 2. The van der Waals surface area contributed by atoms with Crippen LogP contribution < -0.4 is 10.6 Å². The summed E-state index contributed by atoms with van der Waals surface area (Å²) in [6.07, 6.45) is 3.96. The highest BCUT2D eigenvalue weighted by Gasteiger charge is 2.28. The topological polar surface area (TPSA) is 56.7 Å². The third kappa shape index (κ3) is 7.21. The van der Waals surface area contributed by atoms with E-state index in [2.05, 4.69) is 34.4 Å². The van der Waals surface area contributed by atoms with E-state index in [9.17, 15) is 4.21 Å². The molecule has 1 aliphatic rings. The second kappa shape index (κ2) is 9.02. The van der Waals surface area contributed by atoms with E-state index >= 15 is 0 Å². The zero-order valence-electron chi connectivity index (χ0n) is 15.9. The minimum Gasteiger partial charge on any atom is -0.355 e. The van der Waals surface area contributed by atoms with Crippen LogP contribution in [0.3, 0.4) is 0 Å². The molecule has 0 spiro atoms. The van der Waals surface area contributed by atoms with E-state index in [-0.39, 0.29) is 10.3 Å². The monoisotopic (exact) mass is 344 g/mol. The lowest BCUT2D eigenvalue weighted by Gasteiger charge is -2.41. The molecule has 0 aromatic rings. The van der Waals surface area contributed by atoms with Gasteiger partial charge in [0.2, 0.25) is 0 Å². The molecule has 23 heavy (non-hydrogen) atoms. The highest BCUT2D eigenvalue weighted by Crippen LogP contribution is 2.19. The second-order valence-corrected chi connectivity index (χ2v) is 10.2. The van der Waals surface area contributed by atoms with Gasteiger partial charge in [-0.3, -0.25) is 14.1 Å². The van der Waals surface area contributed by atoms with Crippen molar-refractivity contribution in [1.82, 2.24) is 15.5 Å². The molecule has 1 saturated heterocycles. The van der Waals surface area contributed by atoms with Crippen molar-refractivity contribution in [3.05, 3.63) is 0 Å². The van der Waals surface area contributed by atoms with Crippen molar-refractivity contribution >= 4 is 16.8 Å². The minimum atomic E-state index is -0.834. The summed E-state index contributed by atoms with van der Waals surface area (Å²) in [5, 5.41) is 6.69. The molecular formula is C17H36N4OS. The second-order valence-electron chi connectivity index (χ2n) is 7.87. The molecule has 0 aromatic carbocycles. The molecule has 6 heteroatoms. The number of aliphatic imine (C=N–C) groups is 1. The number of piperidine rings is 1. The van der Waals surface area contributed by atoms with Crippen LogP contribution >= 0.6 is 0 Å². The summed E-state index contributed by atoms with van der Waals surface area (Å²) in [6.45, 7) is 14.5. The molecule has 1 heterocycles. The van der Waals surface area contributed by atoms with Crippen molar-refractivity contribution in [2.45, 2.75) is 64.2 Å². The van der Waals surface area contributed by atoms with E-state index < -0.39 is 10.8 Å². The predicted molar refractivity (Wildman–Crippen MR) is 102 cm³/mol. The fourth-order valence-corrected chi connectivity index (χ4v) is 3.60. The largest absolute Gasteiger partial charge is 0.355 e. The Bertz CT molecular complexity index is 409. The molecule has 0 amide bonds. The van der Waals surface area contributed by atoms with Gasteiger partial charge in [0.1, 0.15) is 0 Å². The van der Waals surface area contributed by atoms with Gasteiger partial charge in [-0.25, -0.2) is 0 Å². The molecule has 1 atom stereocenters. The quantitative estimate of drug-likeness (QED) is 0.571. The van der Waals surface area contributed by atoms with Crippen molar-refractivity contribution in [3.63, 3.8) is 0 Å². The third-order valence-electron chi connectivity index (χ3n) is 4.39. The Morgan fingerprint density at radius 3 is 2.22 bits per heavy atom. The van der Waals surface area contributed by atoms with Crippen LogP contribution in [0.5, 0.6) is 0 Å². The number of rotatable bonds is 6. The highest BCUT2D eigenvalue weighted by molar-refractivity contribution is 7.86. The van der Waals surface area contributed by atoms with E-state index in [0.717, 1.165) is 12.5 Å². The fraction of sp³-hybridized carbons (Fsp3) is 0.941. The molecular weight excluding hydrogens is 308 g/mol. The first-order valence-corrected chi connectivity index (χ1v) is 10.1. The molecule has 0 radical (unpaired) electrons. The smallest absolute Gasteiger partial charge is 0.191 e. The van der Waals surface area contributed by atoms with Crippen molar-refractivity contribution < 1.29 is 4.21 Å². The van der Waals surface area contributed by atoms with Crippen LogP contribution in [0.1, 0.15) is 53.9 Å². The van der Waals surface area contributed by atoms with Crippen LogP contribution in [0, 0.1) is 0 Å². The molecule has 1 aliphatic heterocycles. The van der Waals surface area contributed by atoms with Gasteiger partial charge in [-0.2, -0.15) is 0 Å². The molecule has 0 bridgehead atoms. The normalized spacial score (nSPS) is 19.5. The van der Waals surface area contributed by atoms with E-state index in [1.165, 1.54) is 32.4 Å². The fourth-order valence-electron chi connectivity index (χ4n) is 2.70. The van der Waals surface area contributed by atoms with E-state index in [0.29, 0.717) is 12.3 Å². The summed E-state index contributed by atoms with van der Waals surface area (Å²) in [4.78, 5) is 6.83. The van der Waals surface area contributed by atoms with Gasteiger partial charge in [0.15, 0.2) is 5.96 Å². The maximum atomic E-state index is 12.1. The standard InChI is InChI=1S/C17H36N4OS/c1-16(2,3)23(22)13-10-19-15(18-6)20-14-17(4,5)21-11-8-7-9-12-21/h7-14H2,1-6H3,(H2,18,19,20). The van der Waals surface area contributed by atoms with Crippen LogP contribution in [-0.2, 0) is 10.8 Å². The van der Waals surface area contributed by atoms with Gasteiger partial charge in [0.25, 0.3) is 0 Å². The summed E-state index contributed by atoms with van der Waals surface area (Å²) in [7, 11) is 0.948. The molecule has 2 N–H and O–H groups in total. The molecule has 1 fully saturated rings. The van der Waals surface area contributed by atoms with Crippen LogP contribution in [0.15, 0.2) is 4.99 Å². The molecule has 1 rings (SSSR count). The number of hydrogen-bond donors (Lipinski definition) is 2. The highest BCUT2D eigenvalue weighted by atomic mass is 32.2. The number of nitrogens with one attached hydrogen (secondary N) is 2. The van der Waals surface area contributed by atoms with Gasteiger partial charge < -0.3 is 10.6 Å². The Balaban J connectivity index is 2.37. The van der Waals surface area contributed by atoms with Gasteiger partial charge >= 0.3 is 0 Å². The Morgan fingerprint density at radius 1 is 1.09 bits per heavy atom. The van der Waals surface area contributed by atoms with Crippen LogP contribution in [0.2, 0.25) is 0 Å². The summed E-state index contributed by atoms with van der Waals surface area (Å²) >= 11 is 0. The number of guanidine groups is 1. The van der Waals surface area contributed by atoms with E-state index in [1.807, 2.05) is 20.8 Å². The average molecular weight is 345 g/mol. The summed E-state index contributed by atoms with van der Waals surface area (Å²) < 4.78 is 11.9. The molecule has 0 aromatic heterocycles. The predicted octanol–water partition coefficient (Wildman–Crippen LogP) is 1.96. The van der Waals surface area contributed by atoms with Crippen LogP contribution in [0.25, 0.3) is 0 Å². The van der Waals surface area contributed by atoms with Gasteiger partial charge in [-0.05, 0) is 60.5 Å². The maximum absolute atomic E-state index is 12.1. The molecule has 136 valence electrons. The van der Waals surface area contributed by atoms with Crippen molar-refractivity contribution in [2.75, 3.05) is 39.0 Å². The first kappa shape index (κ1) is 20.4. The molecule has 5 nitrogen and oxygen atoms in total. The zero-order valence-corrected chi connectivity index (χ0v) is 16.7. The lowest BCUT2D eigenvalue weighted by atomic mass is 9.98. The first-order valence-electron chi connectivity index (χ1n) is 8.75. The van der Waals surface area contributed by atoms with E-state index in [1.54, 1.807) is 7.05 Å². The number of likely N-dealkylation sites (tertiary alicyclic amines) is 1. The Hall–Kier alpha value is -0.620. The lowest BCUT2D eigenvalue weighted by molar-refractivity contribution is 0.0982. The minimum absolute atomic E-state index is 0.117. The molecule has 0 saturated carbocycles. The molecule has 1 unspecified atom stereocenters.